The second kappa shape index (κ2) is 32.1. The number of rotatable bonds is 6. The molecule has 0 aliphatic heterocycles. The largest absolute Gasteiger partial charge is 0.369 e. The van der Waals surface area contributed by atoms with E-state index in [1.54, 1.807) is 62.4 Å². The third kappa shape index (κ3) is 15.7. The highest BCUT2D eigenvalue weighted by molar-refractivity contribution is 6.33. The molecule has 6 amide bonds. The number of amides is 6. The van der Waals surface area contributed by atoms with Crippen LogP contribution in [0, 0.1) is 70.1 Å². The van der Waals surface area contributed by atoms with E-state index in [-0.39, 0.29) is 87.2 Å². The van der Waals surface area contributed by atoms with Crippen molar-refractivity contribution < 1.29 is 67.1 Å². The van der Waals surface area contributed by atoms with E-state index < -0.39 is 186 Å². The summed E-state index contributed by atoms with van der Waals surface area (Å²) in [6.45, 7) is 9.03. The maximum absolute atomic E-state index is 11.9. The maximum Gasteiger partial charge on any atom is 0.224 e. The van der Waals surface area contributed by atoms with Gasteiger partial charge in [0.25, 0.3) is 0 Å². The maximum atomic E-state index is 11.9. The topological polar surface area (TPSA) is 259 Å². The number of hydrogen-bond acceptors (Lipinski definition) is 6. The van der Waals surface area contributed by atoms with Crippen LogP contribution in [0.3, 0.4) is 0 Å². The van der Waals surface area contributed by atoms with Gasteiger partial charge < -0.3 is 34.4 Å². The normalized spacial score (nSPS) is 31.4. The van der Waals surface area contributed by atoms with Crippen LogP contribution in [-0.2, 0) is 67.3 Å². The van der Waals surface area contributed by atoms with Crippen molar-refractivity contribution >= 4 is 138 Å². The Morgan fingerprint density at radius 1 is 0.308 bits per heavy atom. The molecule has 12 nitrogen and oxygen atoms in total. The average Bonchev–Trinajstić information content (AvgIpc) is 1.60. The Balaban J connectivity index is 0.000000137. The highest BCUT2D eigenvalue weighted by Gasteiger charge is 2.40. The van der Waals surface area contributed by atoms with Gasteiger partial charge in [0.15, 0.2) is 0 Å². The third-order valence-electron chi connectivity index (χ3n) is 20.7. The lowest BCUT2D eigenvalue weighted by Gasteiger charge is -2.22. The molecule has 0 bridgehead atoms. The van der Waals surface area contributed by atoms with Gasteiger partial charge in [-0.25, -0.2) is 0 Å². The molecule has 6 aromatic rings. The Kier molecular flexibility index (Phi) is 14.8. The lowest BCUT2D eigenvalue weighted by atomic mass is 9.82. The number of primary amides is 6. The van der Waals surface area contributed by atoms with Crippen molar-refractivity contribution in [1.82, 2.24) is 0 Å². The standard InChI is InChI=1S/5C15H16ClNO.C14H14ClNO/c3*1-8-5-9-6-13-10(12(9)7-14(8)16)3-2-4-11(13)15(17)18;2*1-8-5-9(16)6-13-10-3-2-4-11(15(17)18)14(10)7-12(8)13;15-9-5-4-8-6-13-10(12(8)7-9)2-1-3-11(13)14(16)17/h3*5,7,11H,2-4,6H2,1H3,(H2,17,18);2*5-6,11H,2-4,7H2,1H3,(H2,17,18);4-5,7,11H,1-3,6H2,(H2,16,17)/i3D2,4D2,7D;3D2,4D2,5D;3D2,4D2;3D2,4D2,6D;3D2,4D2;2D2,3D2,7D. The van der Waals surface area contributed by atoms with Gasteiger partial charge in [-0.15, -0.1) is 0 Å². The first-order chi connectivity index (χ1) is 61.6. The molecule has 18 heteroatoms. The van der Waals surface area contributed by atoms with Gasteiger partial charge in [0.2, 0.25) is 35.4 Å². The van der Waals surface area contributed by atoms with Gasteiger partial charge in [-0.2, -0.15) is 0 Å². The summed E-state index contributed by atoms with van der Waals surface area (Å²) in [5, 5.41) is 2.07. The van der Waals surface area contributed by atoms with E-state index >= 15 is 0 Å². The van der Waals surface area contributed by atoms with E-state index in [2.05, 4.69) is 0 Å². The second-order valence-corrected chi connectivity index (χ2v) is 29.9. The van der Waals surface area contributed by atoms with Gasteiger partial charge >= 0.3 is 0 Å². The first-order valence-corrected chi connectivity index (χ1v) is 36.7. The minimum atomic E-state index is -2.06. The zero-order valence-electron chi connectivity index (χ0n) is 86.8. The number of nitrogens with two attached hydrogens (primary N) is 6. The molecule has 6 unspecified atom stereocenters. The minimum absolute atomic E-state index is 0.0127. The number of benzene rings is 6. The molecule has 0 aromatic heterocycles. The molecule has 107 heavy (non-hydrogen) atoms. The fraction of sp³-hybridized carbons (Fsp3) is 0.393. The van der Waals surface area contributed by atoms with E-state index in [9.17, 15) is 28.8 Å². The monoisotopic (exact) mass is 1580 g/mol. The summed E-state index contributed by atoms with van der Waals surface area (Å²) in [5.74, 6) is -11.7. The number of hydrogen-bond donors (Lipinski definition) is 6. The summed E-state index contributed by atoms with van der Waals surface area (Å²) in [4.78, 5) is 71.0. The molecule has 18 rings (SSSR count). The molecular weight excluding hydrogens is 1460 g/mol. The van der Waals surface area contributed by atoms with Gasteiger partial charge in [-0.3, -0.25) is 28.8 Å². The molecule has 6 aromatic carbocycles. The first kappa shape index (κ1) is 49.5. The van der Waals surface area contributed by atoms with Gasteiger partial charge in [0, 0.05) is 63.0 Å². The summed E-state index contributed by atoms with van der Waals surface area (Å²) in [7, 11) is 0. The molecule has 558 valence electrons. The second-order valence-electron chi connectivity index (χ2n) is 27.5. The lowest BCUT2D eigenvalue weighted by Crippen LogP contribution is -2.27. The summed E-state index contributed by atoms with van der Waals surface area (Å²) in [6.07, 6.45) is -24.9. The van der Waals surface area contributed by atoms with Gasteiger partial charge in [-0.1, -0.05) is 93.8 Å². The van der Waals surface area contributed by atoms with E-state index in [4.69, 9.17) is 142 Å². The number of allylic oxidation sites excluding steroid dienone is 6. The van der Waals surface area contributed by atoms with E-state index in [0.717, 1.165) is 33.4 Å². The molecule has 12 aliphatic carbocycles. The Labute approximate surface area is 697 Å². The number of carbonyl (C=O) groups excluding carboxylic acids is 6. The molecule has 12 N–H and O–H groups in total. The molecule has 0 radical (unpaired) electrons. The van der Waals surface area contributed by atoms with Gasteiger partial charge in [-0.05, 0) is 404 Å². The quantitative estimate of drug-likeness (QED) is 0.0944. The fourth-order valence-corrected chi connectivity index (χ4v) is 16.9. The smallest absolute Gasteiger partial charge is 0.224 e. The molecule has 0 saturated carbocycles. The van der Waals surface area contributed by atoms with E-state index in [1.807, 2.05) is 26.8 Å². The van der Waals surface area contributed by atoms with E-state index in [1.165, 1.54) is 0 Å². The van der Waals surface area contributed by atoms with Crippen LogP contribution in [0.4, 0.5) is 0 Å². The third-order valence-corrected chi connectivity index (χ3v) is 22.6. The molecule has 12 aliphatic rings. The van der Waals surface area contributed by atoms with Crippen LogP contribution in [0.1, 0.15) is 248 Å². The van der Waals surface area contributed by atoms with Crippen molar-refractivity contribution in [2.75, 3.05) is 0 Å². The van der Waals surface area contributed by atoms with Crippen molar-refractivity contribution in [3.63, 3.8) is 0 Å². The van der Waals surface area contributed by atoms with Crippen LogP contribution in [0.25, 0.3) is 33.4 Å². The van der Waals surface area contributed by atoms with Crippen molar-refractivity contribution in [2.24, 2.45) is 69.9 Å². The number of carbonyl (C=O) groups is 6. The summed E-state index contributed by atoms with van der Waals surface area (Å²) >= 11 is 36.6. The van der Waals surface area contributed by atoms with Gasteiger partial charge in [0.1, 0.15) is 0 Å². The Bertz CT molecular complexity index is 6460. The van der Waals surface area contributed by atoms with E-state index in [0.29, 0.717) is 134 Å². The zero-order valence-corrected chi connectivity index (χ0v) is 63.4. The SMILES string of the molecule is [2H]C1([2H])CC([2H])([2H])C(C(N)=O)C2=C1c1cc(Cl)c(C)cc1C2.[2H]C1([2H])CC([2H])([2H])C(C(N)=O)C2=C1c1cc(Cl)cc(C)c1C2.[2H]c1c(C)c(Cl)cc2c1CC1=C2C([2H])([2H])CC([2H])([2H])C1C(N)=O.[2H]c1c(Cl)c(C)cc2c1C1=C(C2)C(C(N)=O)C([2H])([2H])CC1([2H])[2H].[2H]c1c(Cl)cc(C)c2c1C1=C(C2)C(C(N)=O)C([2H])([2H])CC1([2H])[2H].[2H]c1c(Cl)ccc2c1C1=C(C2)C(C(N)=O)C([2H])([2H])CC1([2H])[2H]. The fourth-order valence-electron chi connectivity index (χ4n) is 15.7. The van der Waals surface area contributed by atoms with Crippen molar-refractivity contribution in [2.45, 2.75) is 188 Å². The molecule has 0 heterocycles. The predicted molar refractivity (Wildman–Crippen MR) is 435 cm³/mol. The zero-order chi connectivity index (χ0) is 101. The lowest BCUT2D eigenvalue weighted by molar-refractivity contribution is -0.121. The highest BCUT2D eigenvalue weighted by atomic mass is 35.5. The van der Waals surface area contributed by atoms with Crippen LogP contribution in [0.5, 0.6) is 0 Å². The Morgan fingerprint density at radius 3 is 1.07 bits per heavy atom. The van der Waals surface area contributed by atoms with Crippen molar-refractivity contribution in [3.8, 4) is 0 Å². The number of aryl methyl sites for hydroxylation is 4. The van der Waals surface area contributed by atoms with Crippen LogP contribution < -0.4 is 34.4 Å². The first-order valence-electron chi connectivity index (χ1n) is 48.5. The molecule has 0 saturated heterocycles. The number of halogens is 6. The molecule has 0 fully saturated rings. The molecular formula is C89H94Cl6N6O6. The Morgan fingerprint density at radius 2 is 0.626 bits per heavy atom. The Hall–Kier alpha value is -7.68. The highest BCUT2D eigenvalue weighted by Crippen LogP contribution is 2.52. The van der Waals surface area contributed by atoms with Crippen LogP contribution in [0.15, 0.2) is 112 Å². The van der Waals surface area contributed by atoms with Crippen molar-refractivity contribution in [1.29, 1.82) is 0 Å². The average molecular weight is 1580 g/mol. The van der Waals surface area contributed by atoms with Crippen LogP contribution >= 0.6 is 69.6 Å². The van der Waals surface area contributed by atoms with Crippen LogP contribution in [-0.4, -0.2) is 35.4 Å². The minimum Gasteiger partial charge on any atom is -0.369 e. The number of fused-ring (bicyclic) bond motifs is 12. The summed E-state index contributed by atoms with van der Waals surface area (Å²) < 4.78 is 229. The molecule has 6 atom stereocenters. The van der Waals surface area contributed by atoms with Crippen molar-refractivity contribution in [3.05, 3.63) is 237 Å². The summed E-state index contributed by atoms with van der Waals surface area (Å²) in [6, 6.07) is 15.6. The predicted octanol–water partition coefficient (Wildman–Crippen LogP) is 19.2. The summed E-state index contributed by atoms with van der Waals surface area (Å²) in [5.41, 5.74) is 48.0. The van der Waals surface area contributed by atoms with Crippen LogP contribution in [0.2, 0.25) is 30.1 Å². The molecule has 0 spiro atoms. The van der Waals surface area contributed by atoms with Gasteiger partial charge in [0.05, 0.1) is 41.0 Å².